The van der Waals surface area contributed by atoms with Gasteiger partial charge in [-0.3, -0.25) is 19.8 Å². The standard InChI is InChI=1S/C18H28N4OS4/c1-11(2)12-20-17(4,9-25-12)14-22-18(5,10-27-14)15-21-16(3,8-26-15)13(23)19-6-7-24/h11,24H,6-10H2,1-5H3,(H,19,23)/t16-,17+,18-/m0/s1. The van der Waals surface area contributed by atoms with E-state index in [-0.39, 0.29) is 17.0 Å². The molecule has 0 saturated carbocycles. The van der Waals surface area contributed by atoms with Gasteiger partial charge >= 0.3 is 0 Å². The number of nitrogens with one attached hydrogen (secondary N) is 1. The maximum absolute atomic E-state index is 12.5. The molecule has 5 nitrogen and oxygen atoms in total. The molecule has 0 radical (unpaired) electrons. The number of hydrogen-bond acceptors (Lipinski definition) is 8. The average molecular weight is 445 g/mol. The van der Waals surface area contributed by atoms with Crippen molar-refractivity contribution in [2.45, 2.75) is 51.2 Å². The maximum atomic E-state index is 12.5. The van der Waals surface area contributed by atoms with E-state index in [1.54, 1.807) is 23.5 Å². The second-order valence-corrected chi connectivity index (χ2v) is 11.5. The number of thioether (sulfide) groups is 3. The lowest BCUT2D eigenvalue weighted by Crippen LogP contribution is -2.44. The van der Waals surface area contributed by atoms with Crippen LogP contribution in [-0.4, -0.2) is 67.2 Å². The quantitative estimate of drug-likeness (QED) is 0.616. The zero-order valence-electron chi connectivity index (χ0n) is 16.5. The summed E-state index contributed by atoms with van der Waals surface area (Å²) in [6, 6.07) is 0. The van der Waals surface area contributed by atoms with Crippen LogP contribution in [0.2, 0.25) is 0 Å². The Hall–Kier alpha value is -0.120. The van der Waals surface area contributed by atoms with Crippen LogP contribution in [0.4, 0.5) is 0 Å². The highest BCUT2D eigenvalue weighted by molar-refractivity contribution is 8.17. The lowest BCUT2D eigenvalue weighted by atomic mass is 10.0. The van der Waals surface area contributed by atoms with Gasteiger partial charge in [-0.05, 0) is 20.8 Å². The number of thiol groups is 1. The summed E-state index contributed by atoms with van der Waals surface area (Å²) in [5.41, 5.74) is -1.31. The van der Waals surface area contributed by atoms with E-state index in [1.807, 2.05) is 18.7 Å². The summed E-state index contributed by atoms with van der Waals surface area (Å²) in [6.45, 7) is 11.2. The Morgan fingerprint density at radius 2 is 1.63 bits per heavy atom. The number of hydrogen-bond donors (Lipinski definition) is 2. The summed E-state index contributed by atoms with van der Waals surface area (Å²) < 4.78 is 0. The van der Waals surface area contributed by atoms with Crippen molar-refractivity contribution in [3.05, 3.63) is 0 Å². The Labute approximate surface area is 180 Å². The molecule has 27 heavy (non-hydrogen) atoms. The number of rotatable bonds is 6. The third-order valence-electron chi connectivity index (χ3n) is 4.84. The normalized spacial score (nSPS) is 36.0. The fraction of sp³-hybridized carbons (Fsp3) is 0.778. The van der Waals surface area contributed by atoms with Gasteiger partial charge in [0.25, 0.3) is 0 Å². The first-order valence-electron chi connectivity index (χ1n) is 9.20. The SMILES string of the molecule is CC(C)C1=N[C@@](C)(C2=N[C@](C)(C3=N[C@](C)(C(=O)NCCS)CS3)CS2)CS1. The van der Waals surface area contributed by atoms with Crippen molar-refractivity contribution in [3.63, 3.8) is 0 Å². The Kier molecular flexibility index (Phi) is 6.36. The zero-order chi connectivity index (χ0) is 19.9. The van der Waals surface area contributed by atoms with Gasteiger partial charge in [-0.1, -0.05) is 13.8 Å². The molecule has 0 aromatic rings. The van der Waals surface area contributed by atoms with Crippen LogP contribution in [0.1, 0.15) is 34.6 Å². The van der Waals surface area contributed by atoms with Crippen LogP contribution in [0.15, 0.2) is 15.0 Å². The van der Waals surface area contributed by atoms with Crippen molar-refractivity contribution in [1.29, 1.82) is 0 Å². The van der Waals surface area contributed by atoms with E-state index >= 15 is 0 Å². The summed E-state index contributed by atoms with van der Waals surface area (Å²) in [7, 11) is 0. The van der Waals surface area contributed by atoms with Crippen LogP contribution in [0, 0.1) is 5.92 Å². The van der Waals surface area contributed by atoms with E-state index in [0.29, 0.717) is 24.0 Å². The molecule has 1 amide bonds. The van der Waals surface area contributed by atoms with Gasteiger partial charge in [0.1, 0.15) is 16.6 Å². The molecule has 150 valence electrons. The summed E-state index contributed by atoms with van der Waals surface area (Å²) in [5.74, 6) is 3.53. The van der Waals surface area contributed by atoms with Crippen molar-refractivity contribution < 1.29 is 4.79 Å². The van der Waals surface area contributed by atoms with Gasteiger partial charge in [0, 0.05) is 35.5 Å². The fourth-order valence-corrected chi connectivity index (χ4v) is 7.21. The molecule has 0 aliphatic carbocycles. The predicted molar refractivity (Wildman–Crippen MR) is 127 cm³/mol. The van der Waals surface area contributed by atoms with Gasteiger partial charge in [-0.25, -0.2) is 0 Å². The minimum absolute atomic E-state index is 0.0252. The average Bonchev–Trinajstić information content (AvgIpc) is 3.32. The predicted octanol–water partition coefficient (Wildman–Crippen LogP) is 3.40. The second-order valence-electron chi connectivity index (χ2n) is 8.11. The lowest BCUT2D eigenvalue weighted by Gasteiger charge is -2.21. The number of nitrogens with zero attached hydrogens (tertiary/aromatic N) is 3. The minimum atomic E-state index is -0.717. The van der Waals surface area contributed by atoms with E-state index < -0.39 is 5.54 Å². The molecule has 3 aliphatic rings. The monoisotopic (exact) mass is 444 g/mol. The number of carbonyl (C=O) groups excluding carboxylic acids is 1. The molecule has 0 saturated heterocycles. The largest absolute Gasteiger partial charge is 0.353 e. The molecular weight excluding hydrogens is 416 g/mol. The maximum Gasteiger partial charge on any atom is 0.248 e. The molecule has 9 heteroatoms. The smallest absolute Gasteiger partial charge is 0.248 e. The first-order valence-corrected chi connectivity index (χ1v) is 12.8. The molecule has 1 N–H and O–H groups in total. The molecule has 3 heterocycles. The van der Waals surface area contributed by atoms with Crippen molar-refractivity contribution >= 4 is 69.0 Å². The van der Waals surface area contributed by atoms with Crippen LogP contribution >= 0.6 is 47.9 Å². The Morgan fingerprint density at radius 3 is 2.26 bits per heavy atom. The molecular formula is C18H28N4OS4. The molecule has 3 atom stereocenters. The van der Waals surface area contributed by atoms with Gasteiger partial charge in [-0.2, -0.15) is 12.6 Å². The van der Waals surface area contributed by atoms with Gasteiger partial charge in [-0.15, -0.1) is 35.3 Å². The van der Waals surface area contributed by atoms with Gasteiger partial charge in [0.05, 0.1) is 15.1 Å². The van der Waals surface area contributed by atoms with Crippen molar-refractivity contribution in [3.8, 4) is 0 Å². The third-order valence-corrected chi connectivity index (χ3v) is 9.65. The minimum Gasteiger partial charge on any atom is -0.353 e. The molecule has 0 fully saturated rings. The topological polar surface area (TPSA) is 66.2 Å². The highest BCUT2D eigenvalue weighted by Gasteiger charge is 2.48. The van der Waals surface area contributed by atoms with Crippen LogP contribution in [-0.2, 0) is 4.79 Å². The van der Waals surface area contributed by atoms with Crippen molar-refractivity contribution in [2.75, 3.05) is 29.6 Å². The molecule has 3 rings (SSSR count). The third kappa shape index (κ3) is 4.26. The number of aliphatic imine (C=N–C) groups is 3. The fourth-order valence-electron chi connectivity index (χ4n) is 3.06. The van der Waals surface area contributed by atoms with E-state index in [1.165, 1.54) is 5.04 Å². The molecule has 0 spiro atoms. The Bertz CT molecular complexity index is 722. The van der Waals surface area contributed by atoms with Gasteiger partial charge in [0.2, 0.25) is 5.91 Å². The summed E-state index contributed by atoms with van der Waals surface area (Å²) >= 11 is 9.46. The molecule has 0 unspecified atom stereocenters. The van der Waals surface area contributed by atoms with Crippen LogP contribution < -0.4 is 5.32 Å². The van der Waals surface area contributed by atoms with Crippen LogP contribution in [0.3, 0.4) is 0 Å². The highest BCUT2D eigenvalue weighted by atomic mass is 32.2. The van der Waals surface area contributed by atoms with E-state index in [4.69, 9.17) is 15.0 Å². The first-order chi connectivity index (χ1) is 12.6. The highest BCUT2D eigenvalue weighted by Crippen LogP contribution is 2.44. The van der Waals surface area contributed by atoms with Crippen molar-refractivity contribution in [1.82, 2.24) is 5.32 Å². The van der Waals surface area contributed by atoms with Crippen LogP contribution in [0.5, 0.6) is 0 Å². The molecule has 0 bridgehead atoms. The van der Waals surface area contributed by atoms with Gasteiger partial charge < -0.3 is 5.32 Å². The Balaban J connectivity index is 1.80. The van der Waals surface area contributed by atoms with Crippen LogP contribution in [0.25, 0.3) is 0 Å². The summed E-state index contributed by atoms with van der Waals surface area (Å²) in [4.78, 5) is 27.4. The van der Waals surface area contributed by atoms with E-state index in [0.717, 1.165) is 21.6 Å². The second kappa shape index (κ2) is 7.95. The van der Waals surface area contributed by atoms with Crippen molar-refractivity contribution in [2.24, 2.45) is 20.9 Å². The number of amides is 1. The first kappa shape index (κ1) is 21.6. The van der Waals surface area contributed by atoms with E-state index in [9.17, 15) is 4.79 Å². The number of carbonyl (C=O) groups is 1. The molecule has 3 aliphatic heterocycles. The zero-order valence-corrected chi connectivity index (χ0v) is 19.9. The Morgan fingerprint density at radius 1 is 1.04 bits per heavy atom. The lowest BCUT2D eigenvalue weighted by molar-refractivity contribution is -0.124. The molecule has 0 aromatic heterocycles. The molecule has 0 aromatic carbocycles. The van der Waals surface area contributed by atoms with Gasteiger partial charge in [0.15, 0.2) is 0 Å². The summed E-state index contributed by atoms with van der Waals surface area (Å²) in [5, 5.41) is 6.20. The summed E-state index contributed by atoms with van der Waals surface area (Å²) in [6.07, 6.45) is 0. The van der Waals surface area contributed by atoms with E-state index in [2.05, 4.69) is 45.6 Å².